The third-order valence-corrected chi connectivity index (χ3v) is 9.47. The molecule has 5 rings (SSSR count). The number of amides is 2. The number of aromatic nitrogens is 1. The topological polar surface area (TPSA) is 95.1 Å². The van der Waals surface area contributed by atoms with Gasteiger partial charge >= 0.3 is 0 Å². The van der Waals surface area contributed by atoms with Gasteiger partial charge in [-0.05, 0) is 31.5 Å². The number of fused-ring (bicyclic) bond motifs is 1. The third kappa shape index (κ3) is 5.60. The third-order valence-electron chi connectivity index (χ3n) is 8.57. The van der Waals surface area contributed by atoms with Crippen molar-refractivity contribution in [2.75, 3.05) is 51.3 Å². The zero-order chi connectivity index (χ0) is 27.7. The number of nitrogens with zero attached hydrogens (tertiary/aromatic N) is 4. The van der Waals surface area contributed by atoms with Crippen LogP contribution < -0.4 is 10.2 Å². The van der Waals surface area contributed by atoms with Crippen LogP contribution in [0.4, 0.5) is 5.13 Å². The van der Waals surface area contributed by atoms with Crippen molar-refractivity contribution in [3.8, 4) is 11.3 Å². The lowest BCUT2D eigenvalue weighted by molar-refractivity contribution is -0.139. The Morgan fingerprint density at radius 2 is 1.87 bits per heavy atom. The molecule has 3 fully saturated rings. The summed E-state index contributed by atoms with van der Waals surface area (Å²) >= 11 is 1.64. The lowest BCUT2D eigenvalue weighted by Gasteiger charge is -2.32. The zero-order valence-corrected chi connectivity index (χ0v) is 24.1. The van der Waals surface area contributed by atoms with Crippen molar-refractivity contribution >= 4 is 34.1 Å². The van der Waals surface area contributed by atoms with Crippen LogP contribution in [0.15, 0.2) is 29.6 Å². The first-order valence-corrected chi connectivity index (χ1v) is 14.9. The highest BCUT2D eigenvalue weighted by atomic mass is 32.1. The van der Waals surface area contributed by atoms with Crippen LogP contribution >= 0.6 is 11.3 Å². The SMILES string of the molecule is CC[C@@H]1CN(C(=O)[C@@H](NC(=O)c2ccc(-c3csc(N4CCN(C)CC4)n3)cc2)[C@@H](C)CC)[C@@H]2C(=O)CO[C@H]12. The maximum atomic E-state index is 13.7. The van der Waals surface area contributed by atoms with E-state index in [2.05, 4.69) is 34.5 Å². The Bertz CT molecular complexity index is 1190. The van der Waals surface area contributed by atoms with E-state index in [0.29, 0.717) is 12.1 Å². The molecule has 0 spiro atoms. The van der Waals surface area contributed by atoms with Crippen LogP contribution in [0.3, 0.4) is 0 Å². The number of carbonyl (C=O) groups excluding carboxylic acids is 3. The van der Waals surface area contributed by atoms with Crippen LogP contribution in [0.25, 0.3) is 11.3 Å². The fourth-order valence-electron chi connectivity index (χ4n) is 5.76. The summed E-state index contributed by atoms with van der Waals surface area (Å²) in [6.45, 7) is 10.6. The van der Waals surface area contributed by atoms with Crippen LogP contribution in [0.5, 0.6) is 0 Å². The van der Waals surface area contributed by atoms with E-state index >= 15 is 0 Å². The smallest absolute Gasteiger partial charge is 0.251 e. The van der Waals surface area contributed by atoms with E-state index in [9.17, 15) is 14.4 Å². The minimum Gasteiger partial charge on any atom is -0.367 e. The molecule has 3 saturated heterocycles. The molecule has 1 N–H and O–H groups in total. The number of ether oxygens (including phenoxy) is 1. The summed E-state index contributed by atoms with van der Waals surface area (Å²) in [6, 6.07) is 6.12. The number of benzene rings is 1. The number of rotatable bonds is 8. The minimum atomic E-state index is -0.712. The Kier molecular flexibility index (Phi) is 8.35. The van der Waals surface area contributed by atoms with Crippen molar-refractivity contribution in [3.05, 3.63) is 35.2 Å². The Morgan fingerprint density at radius 3 is 2.54 bits per heavy atom. The lowest BCUT2D eigenvalue weighted by atomic mass is 9.96. The van der Waals surface area contributed by atoms with E-state index in [4.69, 9.17) is 9.72 Å². The number of piperazine rings is 1. The van der Waals surface area contributed by atoms with Crippen molar-refractivity contribution in [1.29, 1.82) is 0 Å². The number of Topliss-reactive ketones (excluding diaryl/α,β-unsaturated/α-hetero) is 1. The van der Waals surface area contributed by atoms with E-state index in [1.807, 2.05) is 26.0 Å². The first-order chi connectivity index (χ1) is 18.8. The highest BCUT2D eigenvalue weighted by Gasteiger charge is 2.52. The second-order valence-electron chi connectivity index (χ2n) is 11.1. The number of thiazole rings is 1. The monoisotopic (exact) mass is 553 g/mol. The molecule has 39 heavy (non-hydrogen) atoms. The van der Waals surface area contributed by atoms with E-state index in [1.54, 1.807) is 28.4 Å². The Hall–Kier alpha value is -2.82. The van der Waals surface area contributed by atoms with Gasteiger partial charge < -0.3 is 24.8 Å². The number of likely N-dealkylation sites (tertiary alicyclic amines) is 1. The molecule has 1 aromatic carbocycles. The molecular formula is C29H39N5O4S. The summed E-state index contributed by atoms with van der Waals surface area (Å²) < 4.78 is 5.74. The van der Waals surface area contributed by atoms with E-state index in [0.717, 1.165) is 55.4 Å². The summed E-state index contributed by atoms with van der Waals surface area (Å²) in [6.07, 6.45) is 1.31. The van der Waals surface area contributed by atoms with Crippen molar-refractivity contribution in [1.82, 2.24) is 20.1 Å². The molecule has 2 aromatic rings. The van der Waals surface area contributed by atoms with Crippen LogP contribution in [0.2, 0.25) is 0 Å². The van der Waals surface area contributed by atoms with Gasteiger partial charge in [-0.25, -0.2) is 4.98 Å². The molecule has 0 radical (unpaired) electrons. The standard InChI is InChI=1S/C29H39N5O4S/c1-5-18(3)24(28(37)34-15-19(6-2)26-25(34)23(35)16-38-26)31-27(36)21-9-7-20(8-10-21)22-17-39-29(30-22)33-13-11-32(4)12-14-33/h7-10,17-19,24-26H,5-6,11-16H2,1-4H3,(H,31,36)/t18-,19+,24-,25+,26+/m0/s1. The number of nitrogens with one attached hydrogen (secondary N) is 1. The zero-order valence-electron chi connectivity index (χ0n) is 23.3. The van der Waals surface area contributed by atoms with Gasteiger partial charge in [0.2, 0.25) is 5.91 Å². The molecule has 4 heterocycles. The molecule has 3 aliphatic heterocycles. The largest absolute Gasteiger partial charge is 0.367 e. The van der Waals surface area contributed by atoms with Gasteiger partial charge in [0.05, 0.1) is 11.8 Å². The Balaban J connectivity index is 1.27. The van der Waals surface area contributed by atoms with Crippen LogP contribution in [-0.4, -0.2) is 96.9 Å². The molecule has 5 atom stereocenters. The number of anilines is 1. The summed E-state index contributed by atoms with van der Waals surface area (Å²) in [7, 11) is 2.14. The Morgan fingerprint density at radius 1 is 1.15 bits per heavy atom. The predicted molar refractivity (Wildman–Crippen MR) is 152 cm³/mol. The average molecular weight is 554 g/mol. The second-order valence-corrected chi connectivity index (χ2v) is 11.9. The molecule has 2 amide bonds. The highest BCUT2D eigenvalue weighted by Crippen LogP contribution is 2.34. The molecule has 0 saturated carbocycles. The first kappa shape index (κ1) is 27.7. The lowest BCUT2D eigenvalue weighted by Crippen LogP contribution is -2.54. The van der Waals surface area contributed by atoms with Gasteiger partial charge in [0.1, 0.15) is 18.7 Å². The van der Waals surface area contributed by atoms with E-state index < -0.39 is 12.1 Å². The summed E-state index contributed by atoms with van der Waals surface area (Å²) in [4.78, 5) is 50.7. The fraction of sp³-hybridized carbons (Fsp3) is 0.586. The highest BCUT2D eigenvalue weighted by molar-refractivity contribution is 7.14. The fourth-order valence-corrected chi connectivity index (χ4v) is 6.65. The Labute approximate surface area is 234 Å². The van der Waals surface area contributed by atoms with Crippen molar-refractivity contribution in [2.45, 2.75) is 51.8 Å². The molecule has 210 valence electrons. The molecular weight excluding hydrogens is 514 g/mol. The van der Waals surface area contributed by atoms with Gasteiger partial charge in [0.15, 0.2) is 10.9 Å². The van der Waals surface area contributed by atoms with Gasteiger partial charge in [-0.2, -0.15) is 0 Å². The average Bonchev–Trinajstić information content (AvgIpc) is 3.68. The van der Waals surface area contributed by atoms with Crippen molar-refractivity contribution in [3.63, 3.8) is 0 Å². The number of hydrogen-bond acceptors (Lipinski definition) is 8. The molecule has 0 aliphatic carbocycles. The van der Waals surface area contributed by atoms with Crippen LogP contribution in [-0.2, 0) is 14.3 Å². The van der Waals surface area contributed by atoms with Gasteiger partial charge in [0.25, 0.3) is 5.91 Å². The molecule has 3 aliphatic rings. The van der Waals surface area contributed by atoms with Gasteiger partial charge in [-0.3, -0.25) is 14.4 Å². The van der Waals surface area contributed by atoms with Gasteiger partial charge in [-0.1, -0.05) is 39.3 Å². The number of carbonyl (C=O) groups is 3. The predicted octanol–water partition coefficient (Wildman–Crippen LogP) is 2.91. The summed E-state index contributed by atoms with van der Waals surface area (Å²) in [5.41, 5.74) is 2.33. The summed E-state index contributed by atoms with van der Waals surface area (Å²) in [5.74, 6) is -0.493. The van der Waals surface area contributed by atoms with Crippen LogP contribution in [0, 0.1) is 11.8 Å². The van der Waals surface area contributed by atoms with Crippen LogP contribution in [0.1, 0.15) is 44.0 Å². The maximum Gasteiger partial charge on any atom is 0.251 e. The molecule has 10 heteroatoms. The molecule has 9 nitrogen and oxygen atoms in total. The molecule has 1 aromatic heterocycles. The minimum absolute atomic E-state index is 0.0491. The maximum absolute atomic E-state index is 13.7. The first-order valence-electron chi connectivity index (χ1n) is 14.1. The summed E-state index contributed by atoms with van der Waals surface area (Å²) in [5, 5.41) is 6.07. The second kappa shape index (κ2) is 11.7. The number of likely N-dealkylation sites (N-methyl/N-ethyl adjacent to an activating group) is 1. The van der Waals surface area contributed by atoms with Gasteiger partial charge in [0, 0.05) is 55.1 Å². The molecule has 0 unspecified atom stereocenters. The van der Waals surface area contributed by atoms with Crippen molar-refractivity contribution < 1.29 is 19.1 Å². The van der Waals surface area contributed by atoms with Crippen molar-refractivity contribution in [2.24, 2.45) is 11.8 Å². The number of ketones is 1. The van der Waals surface area contributed by atoms with Gasteiger partial charge in [-0.15, -0.1) is 11.3 Å². The quantitative estimate of drug-likeness (QED) is 0.537. The number of hydrogen-bond donors (Lipinski definition) is 1. The molecule has 0 bridgehead atoms. The van der Waals surface area contributed by atoms with E-state index in [1.165, 1.54) is 0 Å². The normalized spacial score (nSPS) is 25.0. The van der Waals surface area contributed by atoms with E-state index in [-0.39, 0.29) is 42.1 Å².